The second kappa shape index (κ2) is 6.55. The van der Waals surface area contributed by atoms with Crippen LogP contribution in [0.5, 0.6) is 5.75 Å². The predicted molar refractivity (Wildman–Crippen MR) is 108 cm³/mol. The van der Waals surface area contributed by atoms with Gasteiger partial charge in [-0.15, -0.1) is 0 Å². The average Bonchev–Trinajstić information content (AvgIpc) is 3.39. The molecule has 2 amide bonds. The molecule has 2 aromatic carbocycles. The van der Waals surface area contributed by atoms with Gasteiger partial charge in [-0.25, -0.2) is 4.79 Å². The molecule has 0 N–H and O–H groups in total. The molecular formula is C24H23NO4. The number of carbonyl (C=O) groups is 3. The molecule has 1 heterocycles. The summed E-state index contributed by atoms with van der Waals surface area (Å²) in [4.78, 5) is 40.1. The van der Waals surface area contributed by atoms with Crippen molar-refractivity contribution in [3.63, 3.8) is 0 Å². The molecule has 29 heavy (non-hydrogen) atoms. The number of hydrogen-bond donors (Lipinski definition) is 0. The van der Waals surface area contributed by atoms with Crippen LogP contribution in [0, 0.1) is 37.5 Å². The van der Waals surface area contributed by atoms with E-state index in [0.29, 0.717) is 28.8 Å². The molecule has 3 fully saturated rings. The van der Waals surface area contributed by atoms with Gasteiger partial charge in [-0.2, -0.15) is 0 Å². The van der Waals surface area contributed by atoms with Gasteiger partial charge in [-0.3, -0.25) is 14.5 Å². The van der Waals surface area contributed by atoms with Gasteiger partial charge in [-0.05, 0) is 80.3 Å². The molecule has 5 heteroatoms. The van der Waals surface area contributed by atoms with E-state index in [1.165, 1.54) is 4.90 Å². The Morgan fingerprint density at radius 3 is 2.31 bits per heavy atom. The van der Waals surface area contributed by atoms with E-state index >= 15 is 0 Å². The van der Waals surface area contributed by atoms with Gasteiger partial charge in [-0.1, -0.05) is 18.2 Å². The molecule has 0 spiro atoms. The standard InChI is InChI=1S/C24H23NO4/c1-13-5-3-8-19(14(13)2)29-24(28)17-6-4-7-18(12-17)25-22(26)20-15-9-10-16(11-15)21(20)23(25)27/h3-8,12,15-16,20-21H,9-11H2,1-2H3. The third kappa shape index (κ3) is 2.71. The quantitative estimate of drug-likeness (QED) is 0.451. The molecule has 2 saturated carbocycles. The Morgan fingerprint density at radius 2 is 1.62 bits per heavy atom. The monoisotopic (exact) mass is 389 g/mol. The highest BCUT2D eigenvalue weighted by Gasteiger charge is 2.61. The van der Waals surface area contributed by atoms with Crippen molar-refractivity contribution in [2.24, 2.45) is 23.7 Å². The normalized spacial score (nSPS) is 27.4. The third-order valence-corrected chi connectivity index (χ3v) is 7.03. The lowest BCUT2D eigenvalue weighted by Crippen LogP contribution is -2.32. The fourth-order valence-corrected chi connectivity index (χ4v) is 5.43. The fourth-order valence-electron chi connectivity index (χ4n) is 5.43. The van der Waals surface area contributed by atoms with E-state index in [1.807, 2.05) is 26.0 Å². The van der Waals surface area contributed by atoms with Crippen LogP contribution in [0.2, 0.25) is 0 Å². The fraction of sp³-hybridized carbons (Fsp3) is 0.375. The van der Waals surface area contributed by atoms with Crippen LogP contribution in [0.15, 0.2) is 42.5 Å². The van der Waals surface area contributed by atoms with E-state index in [0.717, 1.165) is 30.4 Å². The minimum Gasteiger partial charge on any atom is -0.423 e. The lowest BCUT2D eigenvalue weighted by Gasteiger charge is -2.19. The number of amides is 2. The van der Waals surface area contributed by atoms with Gasteiger partial charge in [0, 0.05) is 0 Å². The number of esters is 1. The van der Waals surface area contributed by atoms with Gasteiger partial charge >= 0.3 is 5.97 Å². The van der Waals surface area contributed by atoms with Crippen LogP contribution in [0.25, 0.3) is 0 Å². The van der Waals surface area contributed by atoms with Gasteiger partial charge in [0.1, 0.15) is 5.75 Å². The molecule has 148 valence electrons. The SMILES string of the molecule is Cc1cccc(OC(=O)c2cccc(N3C(=O)C4C5CCC(C5)C4C3=O)c2)c1C. The zero-order valence-corrected chi connectivity index (χ0v) is 16.6. The van der Waals surface area contributed by atoms with Crippen molar-refractivity contribution in [2.45, 2.75) is 33.1 Å². The van der Waals surface area contributed by atoms with Crippen LogP contribution in [-0.4, -0.2) is 17.8 Å². The Balaban J connectivity index is 1.42. The lowest BCUT2D eigenvalue weighted by atomic mass is 9.81. The summed E-state index contributed by atoms with van der Waals surface area (Å²) in [6.45, 7) is 3.87. The van der Waals surface area contributed by atoms with Crippen molar-refractivity contribution in [1.29, 1.82) is 0 Å². The maximum absolute atomic E-state index is 13.0. The number of ether oxygens (including phenoxy) is 1. The second-order valence-electron chi connectivity index (χ2n) is 8.53. The summed E-state index contributed by atoms with van der Waals surface area (Å²) in [5.74, 6) is 0.130. The van der Waals surface area contributed by atoms with Crippen molar-refractivity contribution in [2.75, 3.05) is 4.90 Å². The Hall–Kier alpha value is -2.95. The van der Waals surface area contributed by atoms with Crippen LogP contribution in [0.1, 0.15) is 40.7 Å². The van der Waals surface area contributed by atoms with Gasteiger partial charge in [0.15, 0.2) is 0 Å². The molecule has 0 aromatic heterocycles. The molecule has 1 saturated heterocycles. The summed E-state index contributed by atoms with van der Waals surface area (Å²) < 4.78 is 5.57. The van der Waals surface area contributed by atoms with Crippen LogP contribution in [0.4, 0.5) is 5.69 Å². The number of hydrogen-bond acceptors (Lipinski definition) is 4. The predicted octanol–water partition coefficient (Wildman–Crippen LogP) is 4.06. The molecule has 1 aliphatic heterocycles. The number of carbonyl (C=O) groups excluding carboxylic acids is 3. The van der Waals surface area contributed by atoms with Crippen molar-refractivity contribution in [1.82, 2.24) is 0 Å². The Kier molecular flexibility index (Phi) is 4.09. The number of nitrogens with zero attached hydrogens (tertiary/aromatic N) is 1. The first-order valence-electron chi connectivity index (χ1n) is 10.2. The molecule has 2 aliphatic carbocycles. The highest BCUT2D eigenvalue weighted by Crippen LogP contribution is 2.56. The van der Waals surface area contributed by atoms with Crippen molar-refractivity contribution in [3.05, 3.63) is 59.2 Å². The molecule has 4 atom stereocenters. The van der Waals surface area contributed by atoms with Crippen LogP contribution >= 0.6 is 0 Å². The summed E-state index contributed by atoms with van der Waals surface area (Å²) in [6.07, 6.45) is 3.09. The van der Waals surface area contributed by atoms with E-state index in [9.17, 15) is 14.4 Å². The first kappa shape index (κ1) is 18.1. The molecular weight excluding hydrogens is 366 g/mol. The maximum Gasteiger partial charge on any atom is 0.343 e. The Labute approximate surface area is 169 Å². The van der Waals surface area contributed by atoms with Crippen molar-refractivity contribution >= 4 is 23.5 Å². The first-order valence-corrected chi connectivity index (χ1v) is 10.2. The molecule has 5 rings (SSSR count). The Bertz CT molecular complexity index is 1010. The molecule has 0 radical (unpaired) electrons. The first-order chi connectivity index (χ1) is 14.0. The third-order valence-electron chi connectivity index (χ3n) is 7.03. The van der Waals surface area contributed by atoms with E-state index < -0.39 is 5.97 Å². The minimum absolute atomic E-state index is 0.104. The molecule has 2 bridgehead atoms. The summed E-state index contributed by atoms with van der Waals surface area (Å²) in [5, 5.41) is 0. The van der Waals surface area contributed by atoms with Gasteiger partial charge in [0.2, 0.25) is 11.8 Å². The van der Waals surface area contributed by atoms with E-state index in [2.05, 4.69) is 0 Å². The maximum atomic E-state index is 13.0. The van der Waals surface area contributed by atoms with Crippen molar-refractivity contribution < 1.29 is 19.1 Å². The summed E-state index contributed by atoms with van der Waals surface area (Å²) >= 11 is 0. The van der Waals surface area contributed by atoms with Crippen molar-refractivity contribution in [3.8, 4) is 5.75 Å². The summed E-state index contributed by atoms with van der Waals surface area (Å²) in [6, 6.07) is 12.2. The second-order valence-corrected chi connectivity index (χ2v) is 8.53. The number of anilines is 1. The molecule has 5 nitrogen and oxygen atoms in total. The largest absolute Gasteiger partial charge is 0.423 e. The number of benzene rings is 2. The number of fused-ring (bicyclic) bond motifs is 5. The van der Waals surface area contributed by atoms with Gasteiger partial charge in [0.25, 0.3) is 0 Å². The van der Waals surface area contributed by atoms with Gasteiger partial charge in [0.05, 0.1) is 23.1 Å². The van der Waals surface area contributed by atoms with E-state index in [4.69, 9.17) is 4.74 Å². The number of aryl methyl sites for hydroxylation is 1. The van der Waals surface area contributed by atoms with Gasteiger partial charge < -0.3 is 4.74 Å². The smallest absolute Gasteiger partial charge is 0.343 e. The lowest BCUT2D eigenvalue weighted by molar-refractivity contribution is -0.123. The summed E-state index contributed by atoms with van der Waals surface area (Å²) in [7, 11) is 0. The highest BCUT2D eigenvalue weighted by molar-refractivity contribution is 6.22. The summed E-state index contributed by atoms with van der Waals surface area (Å²) in [5.41, 5.74) is 2.73. The topological polar surface area (TPSA) is 63.7 Å². The Morgan fingerprint density at radius 1 is 0.966 bits per heavy atom. The zero-order chi connectivity index (χ0) is 20.3. The molecule has 2 aromatic rings. The average molecular weight is 389 g/mol. The van der Waals surface area contributed by atoms with E-state index in [-0.39, 0.29) is 23.7 Å². The van der Waals surface area contributed by atoms with Crippen LogP contribution in [-0.2, 0) is 9.59 Å². The molecule has 4 unspecified atom stereocenters. The number of rotatable bonds is 3. The van der Waals surface area contributed by atoms with Crippen LogP contribution < -0.4 is 9.64 Å². The van der Waals surface area contributed by atoms with E-state index in [1.54, 1.807) is 30.3 Å². The van der Waals surface area contributed by atoms with Crippen LogP contribution in [0.3, 0.4) is 0 Å². The number of imide groups is 1. The minimum atomic E-state index is -0.500. The highest BCUT2D eigenvalue weighted by atomic mass is 16.5. The zero-order valence-electron chi connectivity index (χ0n) is 16.6. The molecule has 3 aliphatic rings.